The molecule has 3 rings (SSSR count). The number of aromatic amines is 1. The molecule has 2 aromatic rings. The van der Waals surface area contributed by atoms with Gasteiger partial charge in [0, 0.05) is 35.7 Å². The van der Waals surface area contributed by atoms with E-state index in [1.165, 1.54) is 55.1 Å². The van der Waals surface area contributed by atoms with E-state index >= 15 is 0 Å². The number of nitrogens with zero attached hydrogens (tertiary/aromatic N) is 1. The van der Waals surface area contributed by atoms with Gasteiger partial charge < -0.3 is 10.7 Å². The van der Waals surface area contributed by atoms with E-state index in [2.05, 4.69) is 47.3 Å². The highest BCUT2D eigenvalue weighted by atomic mass is 15.2. The van der Waals surface area contributed by atoms with Crippen LogP contribution in [0.1, 0.15) is 44.6 Å². The molecule has 3 heteroatoms. The number of nitrogens with two attached hydrogens (primary N) is 1. The zero-order valence-corrected chi connectivity index (χ0v) is 13.0. The fourth-order valence-corrected chi connectivity index (χ4v) is 3.63. The Kier molecular flexibility index (Phi) is 4.61. The van der Waals surface area contributed by atoms with Crippen molar-refractivity contribution < 1.29 is 0 Å². The van der Waals surface area contributed by atoms with Crippen molar-refractivity contribution in [1.29, 1.82) is 0 Å². The van der Waals surface area contributed by atoms with Crippen molar-refractivity contribution >= 4 is 10.9 Å². The summed E-state index contributed by atoms with van der Waals surface area (Å²) in [4.78, 5) is 6.07. The molecule has 1 aliphatic rings. The highest BCUT2D eigenvalue weighted by Gasteiger charge is 2.24. The van der Waals surface area contributed by atoms with Gasteiger partial charge in [-0.25, -0.2) is 0 Å². The maximum absolute atomic E-state index is 6.06. The monoisotopic (exact) mass is 285 g/mol. The molecule has 1 aromatic heterocycles. The first kappa shape index (κ1) is 14.6. The summed E-state index contributed by atoms with van der Waals surface area (Å²) in [5.41, 5.74) is 8.73. The maximum Gasteiger partial charge on any atom is 0.0457 e. The first-order valence-electron chi connectivity index (χ1n) is 8.32. The number of H-pyrrole nitrogens is 1. The summed E-state index contributed by atoms with van der Waals surface area (Å²) in [5, 5.41) is 1.37. The number of rotatable bonds is 5. The number of hydrogen-bond donors (Lipinski definition) is 2. The fourth-order valence-electron chi connectivity index (χ4n) is 3.63. The van der Waals surface area contributed by atoms with E-state index in [-0.39, 0.29) is 0 Å². The van der Waals surface area contributed by atoms with Gasteiger partial charge in [0.1, 0.15) is 0 Å². The highest BCUT2D eigenvalue weighted by molar-refractivity contribution is 5.82. The molecule has 0 amide bonds. The number of benzene rings is 1. The normalized spacial score (nSPS) is 23.0. The summed E-state index contributed by atoms with van der Waals surface area (Å²) in [7, 11) is 0. The van der Waals surface area contributed by atoms with Gasteiger partial charge in [0.05, 0.1) is 0 Å². The topological polar surface area (TPSA) is 45.0 Å². The number of para-hydroxylation sites is 1. The number of fused-ring (bicyclic) bond motifs is 1. The molecule has 3 nitrogen and oxygen atoms in total. The van der Waals surface area contributed by atoms with Gasteiger partial charge in [-0.2, -0.15) is 0 Å². The number of aromatic nitrogens is 1. The Labute approximate surface area is 127 Å². The zero-order chi connectivity index (χ0) is 14.7. The minimum absolute atomic E-state index is 0.429. The van der Waals surface area contributed by atoms with Crippen LogP contribution in [0.2, 0.25) is 0 Å². The standard InChI is InChI=1S/C18H27N3/c1-2-11-21(16-9-7-15(19)8-10-16)13-14-12-20-18-6-4-3-5-17(14)18/h3-6,12,15-16,20H,2,7-11,13,19H2,1H3. The van der Waals surface area contributed by atoms with Crippen LogP contribution in [0, 0.1) is 0 Å². The van der Waals surface area contributed by atoms with Gasteiger partial charge in [0.15, 0.2) is 0 Å². The van der Waals surface area contributed by atoms with Crippen molar-refractivity contribution in [3.05, 3.63) is 36.0 Å². The molecule has 21 heavy (non-hydrogen) atoms. The van der Waals surface area contributed by atoms with Crippen molar-refractivity contribution in [3.8, 4) is 0 Å². The van der Waals surface area contributed by atoms with E-state index in [9.17, 15) is 0 Å². The van der Waals surface area contributed by atoms with E-state index in [0.717, 1.165) is 6.54 Å². The molecule has 1 fully saturated rings. The van der Waals surface area contributed by atoms with Gasteiger partial charge in [-0.15, -0.1) is 0 Å². The Hall–Kier alpha value is -1.32. The lowest BCUT2D eigenvalue weighted by Crippen LogP contribution is -2.40. The van der Waals surface area contributed by atoms with Gasteiger partial charge in [-0.3, -0.25) is 4.90 Å². The molecule has 114 valence electrons. The first-order valence-corrected chi connectivity index (χ1v) is 8.32. The summed E-state index contributed by atoms with van der Waals surface area (Å²) in [5.74, 6) is 0. The third-order valence-electron chi connectivity index (χ3n) is 4.82. The van der Waals surface area contributed by atoms with Crippen LogP contribution < -0.4 is 5.73 Å². The average Bonchev–Trinajstić information content (AvgIpc) is 2.91. The third kappa shape index (κ3) is 3.30. The van der Waals surface area contributed by atoms with Crippen LogP contribution >= 0.6 is 0 Å². The largest absolute Gasteiger partial charge is 0.361 e. The van der Waals surface area contributed by atoms with E-state index in [0.29, 0.717) is 12.1 Å². The minimum Gasteiger partial charge on any atom is -0.361 e. The van der Waals surface area contributed by atoms with E-state index in [4.69, 9.17) is 5.73 Å². The van der Waals surface area contributed by atoms with Crippen molar-refractivity contribution in [2.24, 2.45) is 5.73 Å². The SMILES string of the molecule is CCCN(Cc1c[nH]c2ccccc12)C1CCC(N)CC1. The zero-order valence-electron chi connectivity index (χ0n) is 13.0. The lowest BCUT2D eigenvalue weighted by atomic mass is 9.90. The Balaban J connectivity index is 1.75. The van der Waals surface area contributed by atoms with Gasteiger partial charge in [0.25, 0.3) is 0 Å². The Morgan fingerprint density at radius 1 is 1.19 bits per heavy atom. The Morgan fingerprint density at radius 3 is 2.71 bits per heavy atom. The molecule has 3 N–H and O–H groups in total. The fraction of sp³-hybridized carbons (Fsp3) is 0.556. The molecule has 0 unspecified atom stereocenters. The summed E-state index contributed by atoms with van der Waals surface area (Å²) >= 11 is 0. The van der Waals surface area contributed by atoms with Crippen LogP contribution in [0.4, 0.5) is 0 Å². The van der Waals surface area contributed by atoms with E-state index in [1.54, 1.807) is 0 Å². The second-order valence-corrected chi connectivity index (χ2v) is 6.40. The molecule has 1 aliphatic carbocycles. The quantitative estimate of drug-likeness (QED) is 0.880. The second-order valence-electron chi connectivity index (χ2n) is 6.40. The summed E-state index contributed by atoms with van der Waals surface area (Å²) in [6.07, 6.45) is 8.26. The molecular formula is C18H27N3. The molecule has 0 atom stereocenters. The molecule has 1 saturated carbocycles. The van der Waals surface area contributed by atoms with Gasteiger partial charge >= 0.3 is 0 Å². The predicted molar refractivity (Wildman–Crippen MR) is 89.2 cm³/mol. The molecule has 0 radical (unpaired) electrons. The van der Waals surface area contributed by atoms with Crippen LogP contribution in [0.25, 0.3) is 10.9 Å². The molecule has 0 spiro atoms. The van der Waals surface area contributed by atoms with E-state index in [1.807, 2.05) is 0 Å². The van der Waals surface area contributed by atoms with Crippen LogP contribution in [0.15, 0.2) is 30.5 Å². The third-order valence-corrected chi connectivity index (χ3v) is 4.82. The average molecular weight is 285 g/mol. The highest BCUT2D eigenvalue weighted by Crippen LogP contribution is 2.26. The second kappa shape index (κ2) is 6.63. The number of nitrogens with one attached hydrogen (secondary N) is 1. The summed E-state index contributed by atoms with van der Waals surface area (Å²) in [6.45, 7) is 4.51. The maximum atomic E-state index is 6.06. The van der Waals surface area contributed by atoms with Gasteiger partial charge in [0.2, 0.25) is 0 Å². The van der Waals surface area contributed by atoms with Crippen molar-refractivity contribution in [1.82, 2.24) is 9.88 Å². The van der Waals surface area contributed by atoms with Crippen LogP contribution in [-0.4, -0.2) is 28.5 Å². The van der Waals surface area contributed by atoms with Crippen LogP contribution in [0.3, 0.4) is 0 Å². The predicted octanol–water partition coefficient (Wildman–Crippen LogP) is 3.65. The molecular weight excluding hydrogens is 258 g/mol. The summed E-state index contributed by atoms with van der Waals surface area (Å²) < 4.78 is 0. The van der Waals surface area contributed by atoms with Crippen molar-refractivity contribution in [2.45, 2.75) is 57.7 Å². The smallest absolute Gasteiger partial charge is 0.0457 e. The molecule has 0 aliphatic heterocycles. The Bertz CT molecular complexity index is 567. The number of hydrogen-bond acceptors (Lipinski definition) is 2. The molecule has 1 aromatic carbocycles. The molecule has 0 bridgehead atoms. The lowest BCUT2D eigenvalue weighted by molar-refractivity contribution is 0.142. The molecule has 0 saturated heterocycles. The van der Waals surface area contributed by atoms with Crippen molar-refractivity contribution in [2.75, 3.05) is 6.54 Å². The Morgan fingerprint density at radius 2 is 1.95 bits per heavy atom. The minimum atomic E-state index is 0.429. The molecule has 1 heterocycles. The lowest BCUT2D eigenvalue weighted by Gasteiger charge is -2.36. The first-order chi connectivity index (χ1) is 10.3. The van der Waals surface area contributed by atoms with Gasteiger partial charge in [-0.05, 0) is 50.3 Å². The van der Waals surface area contributed by atoms with Gasteiger partial charge in [-0.1, -0.05) is 25.1 Å². The van der Waals surface area contributed by atoms with Crippen LogP contribution in [-0.2, 0) is 6.54 Å². The summed E-state index contributed by atoms with van der Waals surface area (Å²) in [6, 6.07) is 9.74. The van der Waals surface area contributed by atoms with Crippen molar-refractivity contribution in [3.63, 3.8) is 0 Å². The van der Waals surface area contributed by atoms with E-state index < -0.39 is 0 Å². The van der Waals surface area contributed by atoms with Crippen LogP contribution in [0.5, 0.6) is 0 Å².